The molecule has 0 aliphatic rings. The Bertz CT molecular complexity index is 611. The molecule has 0 atom stereocenters. The number of nitrogens with two attached hydrogens (primary N) is 1. The third-order valence-corrected chi connectivity index (χ3v) is 3.73. The van der Waals surface area contributed by atoms with Crippen LogP contribution in [0.3, 0.4) is 0 Å². The number of esters is 1. The van der Waals surface area contributed by atoms with Gasteiger partial charge in [0.25, 0.3) is 10.1 Å². The fourth-order valence-corrected chi connectivity index (χ4v) is 2.41. The van der Waals surface area contributed by atoms with E-state index in [0.717, 1.165) is 25.3 Å². The molecule has 0 spiro atoms. The first-order chi connectivity index (χ1) is 10.8. The number of carbonyl (C=O) groups is 1. The highest BCUT2D eigenvalue weighted by atomic mass is 32.2. The first-order valence-electron chi connectivity index (χ1n) is 7.41. The molecule has 0 fully saturated rings. The van der Waals surface area contributed by atoms with E-state index in [-0.39, 0.29) is 10.9 Å². The van der Waals surface area contributed by atoms with E-state index >= 15 is 0 Å². The SMILES string of the molecule is C=CC(=O)OCCC.CCCCc1cc(N)ccc1S(=O)(=O)O. The Morgan fingerprint density at radius 1 is 1.35 bits per heavy atom. The molecule has 23 heavy (non-hydrogen) atoms. The second kappa shape index (κ2) is 10.8. The van der Waals surface area contributed by atoms with Gasteiger partial charge in [0.15, 0.2) is 0 Å². The van der Waals surface area contributed by atoms with Crippen LogP contribution >= 0.6 is 0 Å². The molecular weight excluding hydrogens is 318 g/mol. The molecule has 0 bridgehead atoms. The van der Waals surface area contributed by atoms with Crippen LogP contribution in [-0.2, 0) is 26.1 Å². The van der Waals surface area contributed by atoms with Crippen molar-refractivity contribution in [3.8, 4) is 0 Å². The van der Waals surface area contributed by atoms with Crippen molar-refractivity contribution in [3.63, 3.8) is 0 Å². The summed E-state index contributed by atoms with van der Waals surface area (Å²) in [6, 6.07) is 4.41. The zero-order valence-electron chi connectivity index (χ0n) is 13.6. The minimum Gasteiger partial charge on any atom is -0.463 e. The lowest BCUT2D eigenvalue weighted by molar-refractivity contribution is -0.137. The van der Waals surface area contributed by atoms with Crippen LogP contribution in [0.2, 0.25) is 0 Å². The number of ether oxygens (including phenoxy) is 1. The van der Waals surface area contributed by atoms with Crippen molar-refractivity contribution in [2.75, 3.05) is 12.3 Å². The molecular formula is C16H25NO5S. The molecule has 1 rings (SSSR count). The number of hydrogen-bond acceptors (Lipinski definition) is 5. The van der Waals surface area contributed by atoms with Crippen molar-refractivity contribution in [1.29, 1.82) is 0 Å². The number of carbonyl (C=O) groups excluding carboxylic acids is 1. The van der Waals surface area contributed by atoms with Crippen molar-refractivity contribution >= 4 is 21.8 Å². The number of aryl methyl sites for hydroxylation is 1. The number of anilines is 1. The average molecular weight is 343 g/mol. The molecule has 1 aromatic carbocycles. The van der Waals surface area contributed by atoms with Gasteiger partial charge in [0.1, 0.15) is 0 Å². The largest absolute Gasteiger partial charge is 0.463 e. The van der Waals surface area contributed by atoms with E-state index in [1.165, 1.54) is 12.1 Å². The van der Waals surface area contributed by atoms with E-state index in [9.17, 15) is 13.2 Å². The normalized spacial score (nSPS) is 10.4. The molecule has 0 aliphatic heterocycles. The summed E-state index contributed by atoms with van der Waals surface area (Å²) in [6.45, 7) is 7.68. The number of hydrogen-bond donors (Lipinski definition) is 2. The number of unbranched alkanes of at least 4 members (excludes halogenated alkanes) is 1. The van der Waals surface area contributed by atoms with E-state index < -0.39 is 10.1 Å². The summed E-state index contributed by atoms with van der Waals surface area (Å²) >= 11 is 0. The maximum absolute atomic E-state index is 11.0. The van der Waals surface area contributed by atoms with Gasteiger partial charge in [0, 0.05) is 11.8 Å². The zero-order chi connectivity index (χ0) is 17.9. The smallest absolute Gasteiger partial charge is 0.330 e. The van der Waals surface area contributed by atoms with Crippen LogP contribution in [0.1, 0.15) is 38.7 Å². The summed E-state index contributed by atoms with van der Waals surface area (Å²) in [7, 11) is -4.14. The lowest BCUT2D eigenvalue weighted by atomic mass is 10.1. The summed E-state index contributed by atoms with van der Waals surface area (Å²) < 4.78 is 35.7. The van der Waals surface area contributed by atoms with E-state index in [4.69, 9.17) is 10.3 Å². The van der Waals surface area contributed by atoms with Crippen LogP contribution in [0, 0.1) is 0 Å². The van der Waals surface area contributed by atoms with Crippen molar-refractivity contribution < 1.29 is 22.5 Å². The predicted octanol–water partition coefficient (Wildman–Crippen LogP) is 2.98. The second-order valence-corrected chi connectivity index (χ2v) is 6.21. The summed E-state index contributed by atoms with van der Waals surface area (Å²) in [5.41, 5.74) is 6.66. The maximum atomic E-state index is 11.0. The first-order valence-corrected chi connectivity index (χ1v) is 8.85. The second-order valence-electron chi connectivity index (χ2n) is 4.82. The number of benzene rings is 1. The quantitative estimate of drug-likeness (QED) is 0.341. The van der Waals surface area contributed by atoms with Gasteiger partial charge < -0.3 is 10.5 Å². The Hall–Kier alpha value is -1.86. The molecule has 6 nitrogen and oxygen atoms in total. The molecule has 3 N–H and O–H groups in total. The predicted molar refractivity (Wildman–Crippen MR) is 90.7 cm³/mol. The Morgan fingerprint density at radius 2 is 2.00 bits per heavy atom. The van der Waals surface area contributed by atoms with Gasteiger partial charge in [0.2, 0.25) is 0 Å². The van der Waals surface area contributed by atoms with Crippen molar-refractivity contribution in [3.05, 3.63) is 36.4 Å². The summed E-state index contributed by atoms with van der Waals surface area (Å²) in [5.74, 6) is -0.341. The molecule has 130 valence electrons. The number of rotatable bonds is 7. The standard InChI is InChI=1S/C10H15NO3S.C6H10O2/c1-2-3-4-8-7-9(11)5-6-10(8)15(12,13)14;1-3-5-8-6(7)4-2/h5-7H,2-4,11H2,1H3,(H,12,13,14);4H,2-3,5H2,1H3. The van der Waals surface area contributed by atoms with Crippen molar-refractivity contribution in [2.24, 2.45) is 0 Å². The third kappa shape index (κ3) is 9.00. The first kappa shape index (κ1) is 21.1. The maximum Gasteiger partial charge on any atom is 0.330 e. The van der Waals surface area contributed by atoms with E-state index in [0.29, 0.717) is 24.3 Å². The van der Waals surface area contributed by atoms with E-state index in [1.807, 2.05) is 13.8 Å². The van der Waals surface area contributed by atoms with Gasteiger partial charge in [-0.2, -0.15) is 8.42 Å². The molecule has 1 aromatic rings. The topological polar surface area (TPSA) is 107 Å². The summed E-state index contributed by atoms with van der Waals surface area (Å²) in [5, 5.41) is 0. The van der Waals surface area contributed by atoms with Crippen molar-refractivity contribution in [1.82, 2.24) is 0 Å². The van der Waals surface area contributed by atoms with E-state index in [1.54, 1.807) is 6.07 Å². The van der Waals surface area contributed by atoms with Crippen LogP contribution in [0.25, 0.3) is 0 Å². The lowest BCUT2D eigenvalue weighted by Crippen LogP contribution is -2.04. The lowest BCUT2D eigenvalue weighted by Gasteiger charge is -2.07. The molecule has 0 aromatic heterocycles. The Morgan fingerprint density at radius 3 is 2.48 bits per heavy atom. The fraction of sp³-hybridized carbons (Fsp3) is 0.438. The highest BCUT2D eigenvalue weighted by molar-refractivity contribution is 7.85. The van der Waals surface area contributed by atoms with Gasteiger partial charge in [-0.25, -0.2) is 4.79 Å². The minimum atomic E-state index is -4.14. The monoisotopic (exact) mass is 343 g/mol. The highest BCUT2D eigenvalue weighted by Gasteiger charge is 2.14. The van der Waals surface area contributed by atoms with Gasteiger partial charge in [-0.15, -0.1) is 0 Å². The highest BCUT2D eigenvalue weighted by Crippen LogP contribution is 2.20. The molecule has 0 amide bonds. The van der Waals surface area contributed by atoms with Crippen molar-refractivity contribution in [2.45, 2.75) is 44.4 Å². The van der Waals surface area contributed by atoms with Crippen LogP contribution < -0.4 is 5.73 Å². The van der Waals surface area contributed by atoms with Crippen LogP contribution in [0.5, 0.6) is 0 Å². The summed E-state index contributed by atoms with van der Waals surface area (Å²) in [6.07, 6.45) is 4.46. The molecule has 0 heterocycles. The Balaban J connectivity index is 0.000000515. The van der Waals surface area contributed by atoms with Gasteiger partial charge in [-0.1, -0.05) is 26.8 Å². The van der Waals surface area contributed by atoms with E-state index in [2.05, 4.69) is 11.3 Å². The van der Waals surface area contributed by atoms with Crippen LogP contribution in [0.15, 0.2) is 35.7 Å². The average Bonchev–Trinajstić information content (AvgIpc) is 2.50. The van der Waals surface area contributed by atoms with Gasteiger partial charge >= 0.3 is 5.97 Å². The van der Waals surface area contributed by atoms with Gasteiger partial charge in [-0.05, 0) is 43.0 Å². The molecule has 0 saturated heterocycles. The zero-order valence-corrected chi connectivity index (χ0v) is 14.4. The molecule has 0 radical (unpaired) electrons. The Labute approximate surface area is 138 Å². The van der Waals surface area contributed by atoms with Crippen LogP contribution in [-0.4, -0.2) is 25.5 Å². The molecule has 0 unspecified atom stereocenters. The molecule has 0 aliphatic carbocycles. The third-order valence-electron chi connectivity index (χ3n) is 2.78. The van der Waals surface area contributed by atoms with Gasteiger partial charge in [0.05, 0.1) is 11.5 Å². The summed E-state index contributed by atoms with van der Waals surface area (Å²) in [4.78, 5) is 10.2. The Kier molecular flexibility index (Phi) is 9.92. The number of nitrogen functional groups attached to an aromatic ring is 1. The van der Waals surface area contributed by atoms with Crippen LogP contribution in [0.4, 0.5) is 5.69 Å². The minimum absolute atomic E-state index is 0.0369. The molecule has 7 heteroatoms. The molecule has 0 saturated carbocycles. The van der Waals surface area contributed by atoms with Gasteiger partial charge in [-0.3, -0.25) is 4.55 Å². The fourth-order valence-electron chi connectivity index (χ4n) is 1.68.